The van der Waals surface area contributed by atoms with E-state index in [4.69, 9.17) is 0 Å². The van der Waals surface area contributed by atoms with Crippen LogP contribution in [0.4, 0.5) is 0 Å². The molecule has 1 N–H and O–H groups in total. The largest absolute Gasteiger partial charge is 0.263 e. The number of nitrogens with one attached hydrogen (secondary N) is 1. The number of aromatic amines is 1. The van der Waals surface area contributed by atoms with Crippen LogP contribution in [0.15, 0.2) is 18.2 Å². The Morgan fingerprint density at radius 3 is 2.92 bits per heavy atom. The zero-order valence-corrected chi connectivity index (χ0v) is 6.63. The van der Waals surface area contributed by atoms with Crippen LogP contribution in [0.2, 0.25) is 0 Å². The number of nitrogens with zero attached hydrogens (tertiary/aromatic N) is 2. The molecule has 0 aliphatic carbocycles. The van der Waals surface area contributed by atoms with Crippen molar-refractivity contribution in [3.05, 3.63) is 36.2 Å². The van der Waals surface area contributed by atoms with Crippen molar-refractivity contribution < 1.29 is 0 Å². The zero-order valence-electron chi connectivity index (χ0n) is 6.63. The molecule has 0 unspecified atom stereocenters. The Hall–Kier alpha value is -1.82. The highest BCUT2D eigenvalue weighted by molar-refractivity contribution is 5.52. The third-order valence-corrected chi connectivity index (χ3v) is 1.51. The van der Waals surface area contributed by atoms with E-state index in [1.807, 2.05) is 19.1 Å². The molecule has 0 saturated carbocycles. The van der Waals surface area contributed by atoms with E-state index in [0.717, 1.165) is 11.4 Å². The van der Waals surface area contributed by atoms with Gasteiger partial charge in [-0.25, -0.2) is 4.98 Å². The van der Waals surface area contributed by atoms with Crippen molar-refractivity contribution in [1.82, 2.24) is 15.2 Å². The third-order valence-electron chi connectivity index (χ3n) is 1.51. The maximum Gasteiger partial charge on any atom is 0.181 e. The summed E-state index contributed by atoms with van der Waals surface area (Å²) in [5, 5.41) is 6.80. The molecule has 0 spiro atoms. The minimum absolute atomic E-state index is 0.706. The van der Waals surface area contributed by atoms with E-state index in [2.05, 4.69) is 27.3 Å². The van der Waals surface area contributed by atoms with Gasteiger partial charge in [0.25, 0.3) is 0 Å². The molecule has 2 rings (SSSR count). The smallest absolute Gasteiger partial charge is 0.181 e. The van der Waals surface area contributed by atoms with Gasteiger partial charge in [0.15, 0.2) is 5.82 Å². The van der Waals surface area contributed by atoms with Crippen molar-refractivity contribution in [2.75, 3.05) is 0 Å². The number of rotatable bonds is 1. The molecule has 0 atom stereocenters. The fraction of sp³-hybridized carbons (Fsp3) is 0.111. The highest BCUT2D eigenvalue weighted by Gasteiger charge is 2.00. The van der Waals surface area contributed by atoms with Gasteiger partial charge in [0.05, 0.1) is 0 Å². The van der Waals surface area contributed by atoms with Gasteiger partial charge in [-0.3, -0.25) is 5.10 Å². The minimum Gasteiger partial charge on any atom is -0.263 e. The number of hydrogen-bond acceptors (Lipinski definition) is 2. The molecule has 12 heavy (non-hydrogen) atoms. The Morgan fingerprint density at radius 2 is 2.33 bits per heavy atom. The molecule has 3 heteroatoms. The highest BCUT2D eigenvalue weighted by Crippen LogP contribution is 2.10. The summed E-state index contributed by atoms with van der Waals surface area (Å²) in [6, 6.07) is 11.2. The number of aromatic nitrogens is 3. The zero-order chi connectivity index (χ0) is 8.39. The summed E-state index contributed by atoms with van der Waals surface area (Å²) < 4.78 is 0. The van der Waals surface area contributed by atoms with E-state index in [1.165, 1.54) is 0 Å². The molecule has 2 aromatic rings. The summed E-state index contributed by atoms with van der Waals surface area (Å²) in [7, 11) is 0. The minimum atomic E-state index is 0.706. The van der Waals surface area contributed by atoms with E-state index in [1.54, 1.807) is 6.07 Å². The summed E-state index contributed by atoms with van der Waals surface area (Å²) in [5.41, 5.74) is 0.957. The van der Waals surface area contributed by atoms with Crippen molar-refractivity contribution in [2.24, 2.45) is 0 Å². The summed E-state index contributed by atoms with van der Waals surface area (Å²) in [6.45, 7) is 1.87. The highest BCUT2D eigenvalue weighted by atomic mass is 15.2. The van der Waals surface area contributed by atoms with Crippen molar-refractivity contribution in [3.63, 3.8) is 0 Å². The van der Waals surface area contributed by atoms with Crippen LogP contribution in [-0.4, -0.2) is 15.2 Å². The van der Waals surface area contributed by atoms with Gasteiger partial charge < -0.3 is 0 Å². The second kappa shape index (κ2) is 2.67. The molecule has 0 aliphatic heterocycles. The molecule has 1 aromatic heterocycles. The van der Waals surface area contributed by atoms with Crippen molar-refractivity contribution in [2.45, 2.75) is 6.92 Å². The Bertz CT molecular complexity index is 364. The summed E-state index contributed by atoms with van der Waals surface area (Å²) >= 11 is 0. The van der Waals surface area contributed by atoms with Gasteiger partial charge in [-0.2, -0.15) is 5.10 Å². The van der Waals surface area contributed by atoms with Crippen molar-refractivity contribution in [1.29, 1.82) is 0 Å². The van der Waals surface area contributed by atoms with Crippen molar-refractivity contribution in [3.8, 4) is 11.4 Å². The summed E-state index contributed by atoms with van der Waals surface area (Å²) in [5.74, 6) is 1.52. The molecule has 0 radical (unpaired) electrons. The fourth-order valence-electron chi connectivity index (χ4n) is 0.958. The average molecular weight is 157 g/mol. The molecule has 1 heterocycles. The van der Waals surface area contributed by atoms with E-state index < -0.39 is 0 Å². The van der Waals surface area contributed by atoms with E-state index in [-0.39, 0.29) is 0 Å². The summed E-state index contributed by atoms with van der Waals surface area (Å²) in [6.07, 6.45) is 0. The first kappa shape index (κ1) is 6.86. The van der Waals surface area contributed by atoms with Crippen LogP contribution >= 0.6 is 0 Å². The quantitative estimate of drug-likeness (QED) is 0.679. The van der Waals surface area contributed by atoms with Crippen LogP contribution < -0.4 is 0 Å². The van der Waals surface area contributed by atoms with Crippen LogP contribution in [0.5, 0.6) is 0 Å². The van der Waals surface area contributed by atoms with Crippen molar-refractivity contribution >= 4 is 0 Å². The molecule has 0 saturated heterocycles. The lowest BCUT2D eigenvalue weighted by Crippen LogP contribution is -1.77. The molecule has 0 bridgehead atoms. The molecule has 1 aromatic carbocycles. The Balaban J connectivity index is 2.45. The van der Waals surface area contributed by atoms with Crippen LogP contribution in [0, 0.1) is 19.1 Å². The van der Waals surface area contributed by atoms with Gasteiger partial charge in [-0.05, 0) is 25.1 Å². The van der Waals surface area contributed by atoms with Gasteiger partial charge >= 0.3 is 0 Å². The standard InChI is InChI=1S/C9H7N3/c1-7-10-9(12-11-7)8-5-3-2-4-6-8/h3,5-6H,1H3,(H,10,11,12). The number of aryl methyl sites for hydroxylation is 1. The van der Waals surface area contributed by atoms with E-state index in [9.17, 15) is 0 Å². The molecule has 0 aliphatic rings. The number of hydrogen-bond donors (Lipinski definition) is 1. The van der Waals surface area contributed by atoms with Gasteiger partial charge in [0.2, 0.25) is 0 Å². The lowest BCUT2D eigenvalue weighted by molar-refractivity contribution is 1.04. The van der Waals surface area contributed by atoms with E-state index >= 15 is 0 Å². The van der Waals surface area contributed by atoms with Crippen LogP contribution in [0.25, 0.3) is 11.4 Å². The molecule has 3 nitrogen and oxygen atoms in total. The van der Waals surface area contributed by atoms with Crippen LogP contribution in [0.1, 0.15) is 5.82 Å². The molecule has 0 fully saturated rings. The number of H-pyrrole nitrogens is 1. The average Bonchev–Trinajstić information content (AvgIpc) is 2.54. The molecule has 0 amide bonds. The second-order valence-corrected chi connectivity index (χ2v) is 2.47. The van der Waals surface area contributed by atoms with Gasteiger partial charge in [-0.15, -0.1) is 0 Å². The third kappa shape index (κ3) is 1.15. The maximum absolute atomic E-state index is 4.18. The Morgan fingerprint density at radius 1 is 1.42 bits per heavy atom. The first-order valence-corrected chi connectivity index (χ1v) is 3.63. The fourth-order valence-corrected chi connectivity index (χ4v) is 0.958. The Kier molecular flexibility index (Phi) is 1.52. The molecule has 58 valence electrons. The predicted octanol–water partition coefficient (Wildman–Crippen LogP) is 1.38. The lowest BCUT2D eigenvalue weighted by Gasteiger charge is -1.87. The summed E-state index contributed by atoms with van der Waals surface area (Å²) in [4.78, 5) is 4.18. The predicted molar refractivity (Wildman–Crippen MR) is 44.2 cm³/mol. The van der Waals surface area contributed by atoms with Gasteiger partial charge in [0, 0.05) is 5.56 Å². The SMILES string of the molecule is Cc1nc(-c2cc#ccc2)n[nH]1. The second-order valence-electron chi connectivity index (χ2n) is 2.47. The lowest BCUT2D eigenvalue weighted by atomic mass is 10.2. The van der Waals surface area contributed by atoms with Gasteiger partial charge in [-0.1, -0.05) is 12.1 Å². The van der Waals surface area contributed by atoms with Crippen LogP contribution in [-0.2, 0) is 0 Å². The molecular weight excluding hydrogens is 150 g/mol. The normalized spacial score (nSPS) is 9.42. The van der Waals surface area contributed by atoms with Gasteiger partial charge in [0.1, 0.15) is 5.82 Å². The topological polar surface area (TPSA) is 41.6 Å². The first-order chi connectivity index (χ1) is 5.86. The Labute approximate surface area is 70.5 Å². The van der Waals surface area contributed by atoms with E-state index in [0.29, 0.717) is 5.82 Å². The van der Waals surface area contributed by atoms with Crippen LogP contribution in [0.3, 0.4) is 0 Å². The molecular formula is C9H7N3. The monoisotopic (exact) mass is 157 g/mol. The maximum atomic E-state index is 4.18. The first-order valence-electron chi connectivity index (χ1n) is 3.63.